The molecule has 2 saturated heterocycles. The van der Waals surface area contributed by atoms with Crippen molar-refractivity contribution in [3.8, 4) is 0 Å². The van der Waals surface area contributed by atoms with E-state index in [0.717, 1.165) is 18.4 Å². The van der Waals surface area contributed by atoms with Crippen molar-refractivity contribution in [3.63, 3.8) is 0 Å². The van der Waals surface area contributed by atoms with Crippen LogP contribution in [0.1, 0.15) is 31.9 Å². The zero-order chi connectivity index (χ0) is 14.3. The Balaban J connectivity index is 1.71. The largest absolute Gasteiger partial charge is 0.306 e. The Labute approximate surface area is 123 Å². The molecule has 0 amide bonds. The molecular formula is C18H28N2. The molecule has 2 nitrogen and oxygen atoms in total. The molecule has 0 spiro atoms. The van der Waals surface area contributed by atoms with Crippen molar-refractivity contribution in [2.45, 2.75) is 32.7 Å². The van der Waals surface area contributed by atoms with Crippen LogP contribution < -0.4 is 0 Å². The molecule has 0 saturated carbocycles. The van der Waals surface area contributed by atoms with Crippen molar-refractivity contribution in [1.82, 2.24) is 9.80 Å². The van der Waals surface area contributed by atoms with Gasteiger partial charge in [0.05, 0.1) is 0 Å². The van der Waals surface area contributed by atoms with Crippen LogP contribution in [0, 0.1) is 11.8 Å². The van der Waals surface area contributed by atoms with Crippen LogP contribution in [0.25, 0.3) is 0 Å². The Bertz CT molecular complexity index is 461. The molecule has 1 aromatic rings. The van der Waals surface area contributed by atoms with E-state index in [1.165, 1.54) is 37.3 Å². The summed E-state index contributed by atoms with van der Waals surface area (Å²) in [7, 11) is 2.26. The van der Waals surface area contributed by atoms with Crippen LogP contribution in [0.3, 0.4) is 0 Å². The monoisotopic (exact) mass is 272 g/mol. The average Bonchev–Trinajstić information content (AvgIpc) is 2.85. The number of hydrogen-bond acceptors (Lipinski definition) is 2. The lowest BCUT2D eigenvalue weighted by molar-refractivity contribution is 0.270. The molecule has 1 aromatic carbocycles. The lowest BCUT2D eigenvalue weighted by Crippen LogP contribution is -2.27. The van der Waals surface area contributed by atoms with E-state index in [2.05, 4.69) is 61.9 Å². The summed E-state index contributed by atoms with van der Waals surface area (Å²) in [4.78, 5) is 5.17. The summed E-state index contributed by atoms with van der Waals surface area (Å²) in [5.74, 6) is 1.81. The summed E-state index contributed by atoms with van der Waals surface area (Å²) < 4.78 is 0. The topological polar surface area (TPSA) is 6.48 Å². The Kier molecular flexibility index (Phi) is 3.64. The number of nitrogens with zero attached hydrogens (tertiary/aromatic N) is 2. The van der Waals surface area contributed by atoms with Crippen LogP contribution in [0.2, 0.25) is 0 Å². The normalized spacial score (nSPS) is 28.0. The quantitative estimate of drug-likeness (QED) is 0.816. The predicted molar refractivity (Wildman–Crippen MR) is 84.9 cm³/mol. The maximum atomic E-state index is 2.67. The summed E-state index contributed by atoms with van der Waals surface area (Å²) in [5.41, 5.74) is 3.27. The minimum atomic E-state index is 0.242. The van der Waals surface area contributed by atoms with Crippen molar-refractivity contribution in [1.29, 1.82) is 0 Å². The van der Waals surface area contributed by atoms with Crippen LogP contribution in [0.4, 0.5) is 0 Å². The van der Waals surface area contributed by atoms with Crippen molar-refractivity contribution in [2.75, 3.05) is 33.2 Å². The number of fused-ring (bicyclic) bond motifs is 1. The highest BCUT2D eigenvalue weighted by atomic mass is 15.2. The van der Waals surface area contributed by atoms with Crippen LogP contribution >= 0.6 is 0 Å². The number of benzene rings is 1. The second-order valence-electron chi connectivity index (χ2n) is 7.84. The van der Waals surface area contributed by atoms with E-state index in [1.54, 1.807) is 0 Å². The van der Waals surface area contributed by atoms with E-state index >= 15 is 0 Å². The van der Waals surface area contributed by atoms with Gasteiger partial charge in [0.2, 0.25) is 0 Å². The van der Waals surface area contributed by atoms with Gasteiger partial charge in [-0.15, -0.1) is 0 Å². The highest BCUT2D eigenvalue weighted by Gasteiger charge is 2.38. The first-order chi connectivity index (χ1) is 9.43. The predicted octanol–water partition coefficient (Wildman–Crippen LogP) is 2.98. The van der Waals surface area contributed by atoms with Crippen LogP contribution in [0.15, 0.2) is 24.3 Å². The molecule has 2 heterocycles. The summed E-state index contributed by atoms with van der Waals surface area (Å²) in [6, 6.07) is 8.99. The molecule has 2 atom stereocenters. The second kappa shape index (κ2) is 5.16. The summed E-state index contributed by atoms with van der Waals surface area (Å²) in [5, 5.41) is 0. The van der Waals surface area contributed by atoms with Gasteiger partial charge in [0.25, 0.3) is 0 Å². The Morgan fingerprint density at radius 2 is 1.60 bits per heavy atom. The molecule has 0 unspecified atom stereocenters. The lowest BCUT2D eigenvalue weighted by atomic mass is 9.83. The molecule has 2 aliphatic heterocycles. The third-order valence-corrected chi connectivity index (χ3v) is 4.96. The number of rotatable bonds is 2. The summed E-state index contributed by atoms with van der Waals surface area (Å²) in [6.45, 7) is 13.2. The fourth-order valence-electron chi connectivity index (χ4n) is 4.08. The zero-order valence-corrected chi connectivity index (χ0v) is 13.4. The van der Waals surface area contributed by atoms with Crippen molar-refractivity contribution < 1.29 is 0 Å². The molecule has 0 aliphatic carbocycles. The zero-order valence-electron chi connectivity index (χ0n) is 13.4. The fraction of sp³-hybridized carbons (Fsp3) is 0.667. The highest BCUT2D eigenvalue weighted by molar-refractivity contribution is 5.32. The first-order valence-corrected chi connectivity index (χ1v) is 7.93. The highest BCUT2D eigenvalue weighted by Crippen LogP contribution is 2.33. The molecule has 2 heteroatoms. The van der Waals surface area contributed by atoms with E-state index in [4.69, 9.17) is 0 Å². The molecule has 2 fully saturated rings. The first kappa shape index (κ1) is 14.1. The van der Waals surface area contributed by atoms with Gasteiger partial charge in [-0.1, -0.05) is 45.0 Å². The number of likely N-dealkylation sites (tertiary alicyclic amines) is 2. The van der Waals surface area contributed by atoms with Gasteiger partial charge < -0.3 is 4.90 Å². The van der Waals surface area contributed by atoms with Gasteiger partial charge in [0, 0.05) is 32.7 Å². The van der Waals surface area contributed by atoms with Gasteiger partial charge in [0.1, 0.15) is 0 Å². The molecule has 0 bridgehead atoms. The van der Waals surface area contributed by atoms with E-state index in [0.29, 0.717) is 0 Å². The Hall–Kier alpha value is -0.860. The Morgan fingerprint density at radius 3 is 2.20 bits per heavy atom. The van der Waals surface area contributed by atoms with Gasteiger partial charge in [-0.05, 0) is 35.4 Å². The van der Waals surface area contributed by atoms with Crippen molar-refractivity contribution >= 4 is 0 Å². The van der Waals surface area contributed by atoms with Crippen molar-refractivity contribution in [3.05, 3.63) is 35.4 Å². The average molecular weight is 272 g/mol. The van der Waals surface area contributed by atoms with Gasteiger partial charge in [0.15, 0.2) is 0 Å². The molecule has 110 valence electrons. The molecule has 0 radical (unpaired) electrons. The first-order valence-electron chi connectivity index (χ1n) is 7.93. The maximum absolute atomic E-state index is 2.67. The van der Waals surface area contributed by atoms with E-state index < -0.39 is 0 Å². The fourth-order valence-corrected chi connectivity index (χ4v) is 4.08. The third-order valence-electron chi connectivity index (χ3n) is 4.96. The van der Waals surface area contributed by atoms with Gasteiger partial charge >= 0.3 is 0 Å². The van der Waals surface area contributed by atoms with Gasteiger partial charge in [-0.3, -0.25) is 4.90 Å². The van der Waals surface area contributed by atoms with E-state index in [1.807, 2.05) is 0 Å². The van der Waals surface area contributed by atoms with E-state index in [-0.39, 0.29) is 5.41 Å². The van der Waals surface area contributed by atoms with Gasteiger partial charge in [-0.2, -0.15) is 0 Å². The molecule has 0 aromatic heterocycles. The second-order valence-corrected chi connectivity index (χ2v) is 7.84. The molecule has 0 N–H and O–H groups in total. The van der Waals surface area contributed by atoms with Crippen molar-refractivity contribution in [2.24, 2.45) is 11.8 Å². The standard InChI is InChI=1S/C18H28N2/c1-18(2,3)17-8-6-5-7-14(17)11-20-12-15-9-19(4)10-16(15)13-20/h5-8,15-16H,9-13H2,1-4H3/t15-,16+. The minimum absolute atomic E-state index is 0.242. The van der Waals surface area contributed by atoms with Crippen LogP contribution in [0.5, 0.6) is 0 Å². The SMILES string of the molecule is CN1C[C@@H]2CN(Cc3ccccc3C(C)(C)C)C[C@@H]2C1. The molecule has 3 rings (SSSR count). The molecule has 20 heavy (non-hydrogen) atoms. The molecule has 2 aliphatic rings. The summed E-state index contributed by atoms with van der Waals surface area (Å²) in [6.07, 6.45) is 0. The smallest absolute Gasteiger partial charge is 0.0236 e. The van der Waals surface area contributed by atoms with Gasteiger partial charge in [-0.25, -0.2) is 0 Å². The lowest BCUT2D eigenvalue weighted by Gasteiger charge is -2.26. The molecular weight excluding hydrogens is 244 g/mol. The van der Waals surface area contributed by atoms with Crippen LogP contribution in [-0.2, 0) is 12.0 Å². The maximum Gasteiger partial charge on any atom is 0.0236 e. The third kappa shape index (κ3) is 2.77. The number of hydrogen-bond donors (Lipinski definition) is 0. The van der Waals surface area contributed by atoms with Crippen LogP contribution in [-0.4, -0.2) is 43.0 Å². The summed E-state index contributed by atoms with van der Waals surface area (Å²) >= 11 is 0. The van der Waals surface area contributed by atoms with E-state index in [9.17, 15) is 0 Å². The minimum Gasteiger partial charge on any atom is -0.306 e. The Morgan fingerprint density at radius 1 is 1.00 bits per heavy atom.